The van der Waals surface area contributed by atoms with E-state index in [1.54, 1.807) is 0 Å². The van der Waals surface area contributed by atoms with E-state index in [9.17, 15) is 9.59 Å². The number of carbonyl (C=O) groups is 1. The Morgan fingerprint density at radius 1 is 1.77 bits per heavy atom. The van der Waals surface area contributed by atoms with Crippen molar-refractivity contribution in [2.24, 2.45) is 5.73 Å². The SMILES string of the molecule is NC(=O)CSc1nc(O)cc(=O)[nH]1. The van der Waals surface area contributed by atoms with Crippen LogP contribution in [0.15, 0.2) is 16.0 Å². The molecule has 1 aromatic rings. The number of thioether (sulfide) groups is 1. The molecule has 1 heterocycles. The Labute approximate surface area is 77.2 Å². The molecular formula is C6H7N3O3S. The number of aromatic hydroxyl groups is 1. The van der Waals surface area contributed by atoms with Gasteiger partial charge in [-0.25, -0.2) is 0 Å². The van der Waals surface area contributed by atoms with Crippen LogP contribution in [0.5, 0.6) is 5.88 Å². The minimum atomic E-state index is -0.518. The lowest BCUT2D eigenvalue weighted by molar-refractivity contribution is -0.115. The molecule has 0 aliphatic carbocycles. The molecule has 0 aromatic carbocycles. The highest BCUT2D eigenvalue weighted by atomic mass is 32.2. The number of hydrogen-bond acceptors (Lipinski definition) is 5. The highest BCUT2D eigenvalue weighted by Gasteiger charge is 2.02. The zero-order chi connectivity index (χ0) is 9.84. The van der Waals surface area contributed by atoms with E-state index in [1.807, 2.05) is 0 Å². The lowest BCUT2D eigenvalue weighted by Crippen LogP contribution is -2.14. The number of nitrogens with zero attached hydrogens (tertiary/aromatic N) is 1. The second kappa shape index (κ2) is 3.94. The monoisotopic (exact) mass is 201 g/mol. The molecule has 1 amide bonds. The van der Waals surface area contributed by atoms with Crippen LogP contribution < -0.4 is 11.3 Å². The molecule has 1 aromatic heterocycles. The van der Waals surface area contributed by atoms with Crippen LogP contribution in [0.2, 0.25) is 0 Å². The molecular weight excluding hydrogens is 194 g/mol. The highest BCUT2D eigenvalue weighted by molar-refractivity contribution is 7.99. The van der Waals surface area contributed by atoms with Crippen LogP contribution in [0.3, 0.4) is 0 Å². The van der Waals surface area contributed by atoms with E-state index in [0.717, 1.165) is 17.8 Å². The Morgan fingerprint density at radius 3 is 3.00 bits per heavy atom. The van der Waals surface area contributed by atoms with Crippen LogP contribution >= 0.6 is 11.8 Å². The van der Waals surface area contributed by atoms with Crippen LogP contribution in [0, 0.1) is 0 Å². The van der Waals surface area contributed by atoms with Crippen molar-refractivity contribution in [3.63, 3.8) is 0 Å². The first kappa shape index (κ1) is 9.59. The number of primary amides is 1. The molecule has 4 N–H and O–H groups in total. The molecule has 1 rings (SSSR count). The number of rotatable bonds is 3. The van der Waals surface area contributed by atoms with Crippen molar-refractivity contribution in [2.45, 2.75) is 5.16 Å². The fourth-order valence-electron chi connectivity index (χ4n) is 0.631. The second-order valence-electron chi connectivity index (χ2n) is 2.16. The number of aromatic amines is 1. The van der Waals surface area contributed by atoms with Crippen LogP contribution in [-0.4, -0.2) is 26.7 Å². The minimum absolute atomic E-state index is 0.00634. The molecule has 0 bridgehead atoms. The molecule has 0 atom stereocenters. The molecule has 0 radical (unpaired) electrons. The molecule has 70 valence electrons. The predicted octanol–water partition coefficient (Wildman–Crippen LogP) is -0.947. The highest BCUT2D eigenvalue weighted by Crippen LogP contribution is 2.11. The van der Waals surface area contributed by atoms with E-state index in [-0.39, 0.29) is 16.8 Å². The number of carbonyl (C=O) groups excluding carboxylic acids is 1. The minimum Gasteiger partial charge on any atom is -0.493 e. The number of hydrogen-bond donors (Lipinski definition) is 3. The Bertz CT molecular complexity index is 376. The number of nitrogens with two attached hydrogens (primary N) is 1. The number of H-pyrrole nitrogens is 1. The first-order chi connectivity index (χ1) is 6.08. The summed E-state index contributed by atoms with van der Waals surface area (Å²) in [5.41, 5.74) is 4.40. The zero-order valence-corrected chi connectivity index (χ0v) is 7.30. The summed E-state index contributed by atoms with van der Waals surface area (Å²) in [5.74, 6) is -0.890. The first-order valence-electron chi connectivity index (χ1n) is 3.29. The van der Waals surface area contributed by atoms with Crippen molar-refractivity contribution in [1.29, 1.82) is 0 Å². The summed E-state index contributed by atoms with van der Waals surface area (Å²) in [6.45, 7) is 0. The Kier molecular flexibility index (Phi) is 2.91. The summed E-state index contributed by atoms with van der Waals surface area (Å²) in [4.78, 5) is 27.0. The normalized spacial score (nSPS) is 9.85. The molecule has 0 aliphatic heterocycles. The van der Waals surface area contributed by atoms with E-state index >= 15 is 0 Å². The second-order valence-corrected chi connectivity index (χ2v) is 3.13. The summed E-state index contributed by atoms with van der Waals surface area (Å²) >= 11 is 0.956. The van der Waals surface area contributed by atoms with Gasteiger partial charge in [-0.3, -0.25) is 9.59 Å². The molecule has 0 saturated carbocycles. The van der Waals surface area contributed by atoms with E-state index in [1.165, 1.54) is 0 Å². The molecule has 0 saturated heterocycles. The maximum Gasteiger partial charge on any atom is 0.255 e. The van der Waals surface area contributed by atoms with Crippen molar-refractivity contribution in [3.05, 3.63) is 16.4 Å². The first-order valence-corrected chi connectivity index (χ1v) is 4.28. The fourth-order valence-corrected chi connectivity index (χ4v) is 1.24. The predicted molar refractivity (Wildman–Crippen MR) is 46.4 cm³/mol. The van der Waals surface area contributed by atoms with Gasteiger partial charge in [-0.05, 0) is 0 Å². The van der Waals surface area contributed by atoms with Gasteiger partial charge in [0.2, 0.25) is 11.8 Å². The van der Waals surface area contributed by atoms with Crippen LogP contribution in [0.1, 0.15) is 0 Å². The van der Waals surface area contributed by atoms with Gasteiger partial charge >= 0.3 is 0 Å². The number of amides is 1. The van der Waals surface area contributed by atoms with Gasteiger partial charge in [-0.15, -0.1) is 0 Å². The van der Waals surface area contributed by atoms with Crippen LogP contribution in [0.4, 0.5) is 0 Å². The summed E-state index contributed by atoms with van der Waals surface area (Å²) in [6.07, 6.45) is 0. The molecule has 7 heteroatoms. The molecule has 6 nitrogen and oxygen atoms in total. The van der Waals surface area contributed by atoms with Crippen molar-refractivity contribution in [3.8, 4) is 5.88 Å². The van der Waals surface area contributed by atoms with Crippen LogP contribution in [-0.2, 0) is 4.79 Å². The molecule has 0 fully saturated rings. The van der Waals surface area contributed by atoms with E-state index in [2.05, 4.69) is 9.97 Å². The molecule has 0 unspecified atom stereocenters. The van der Waals surface area contributed by atoms with Crippen molar-refractivity contribution in [1.82, 2.24) is 9.97 Å². The summed E-state index contributed by atoms with van der Waals surface area (Å²) < 4.78 is 0. The average Bonchev–Trinajstić information content (AvgIpc) is 1.99. The maximum absolute atomic E-state index is 10.8. The zero-order valence-electron chi connectivity index (χ0n) is 6.48. The molecule has 0 spiro atoms. The summed E-state index contributed by atoms with van der Waals surface area (Å²) in [5, 5.41) is 9.07. The van der Waals surface area contributed by atoms with Gasteiger partial charge < -0.3 is 15.8 Å². The summed E-state index contributed by atoms with van der Waals surface area (Å²) in [6, 6.07) is 0.939. The Morgan fingerprint density at radius 2 is 2.46 bits per heavy atom. The third kappa shape index (κ3) is 3.16. The van der Waals surface area contributed by atoms with Crippen molar-refractivity contribution < 1.29 is 9.90 Å². The standard InChI is InChI=1S/C6H7N3O3S/c7-3(10)2-13-6-8-4(11)1-5(12)9-6/h1H,2H2,(H2,7,10)(H2,8,9,11,12). The maximum atomic E-state index is 10.8. The van der Waals surface area contributed by atoms with Gasteiger partial charge in [0.15, 0.2) is 5.16 Å². The largest absolute Gasteiger partial charge is 0.493 e. The molecule has 0 aliphatic rings. The quantitative estimate of drug-likeness (QED) is 0.431. The van der Waals surface area contributed by atoms with Gasteiger partial charge in [0.1, 0.15) is 0 Å². The van der Waals surface area contributed by atoms with Gasteiger partial charge in [-0.2, -0.15) is 4.98 Å². The van der Waals surface area contributed by atoms with E-state index < -0.39 is 11.5 Å². The topological polar surface area (TPSA) is 109 Å². The van der Waals surface area contributed by atoms with Gasteiger partial charge in [0.25, 0.3) is 5.56 Å². The number of aromatic nitrogens is 2. The average molecular weight is 201 g/mol. The Hall–Kier alpha value is -1.50. The lowest BCUT2D eigenvalue weighted by Gasteiger charge is -1.97. The smallest absolute Gasteiger partial charge is 0.255 e. The molecule has 13 heavy (non-hydrogen) atoms. The lowest BCUT2D eigenvalue weighted by atomic mass is 10.6. The number of nitrogens with one attached hydrogen (secondary N) is 1. The van der Waals surface area contributed by atoms with Gasteiger partial charge in [0.05, 0.1) is 11.8 Å². The third-order valence-electron chi connectivity index (χ3n) is 1.06. The van der Waals surface area contributed by atoms with Gasteiger partial charge in [0, 0.05) is 0 Å². The van der Waals surface area contributed by atoms with Crippen LogP contribution in [0.25, 0.3) is 0 Å². The van der Waals surface area contributed by atoms with Crippen molar-refractivity contribution >= 4 is 17.7 Å². The Balaban J connectivity index is 2.77. The van der Waals surface area contributed by atoms with E-state index in [0.29, 0.717) is 0 Å². The third-order valence-corrected chi connectivity index (χ3v) is 1.95. The van der Waals surface area contributed by atoms with Gasteiger partial charge in [-0.1, -0.05) is 11.8 Å². The summed E-state index contributed by atoms with van der Waals surface area (Å²) in [7, 11) is 0. The fraction of sp³-hybridized carbons (Fsp3) is 0.167. The van der Waals surface area contributed by atoms with Crippen molar-refractivity contribution in [2.75, 3.05) is 5.75 Å². The van der Waals surface area contributed by atoms with E-state index in [4.69, 9.17) is 10.8 Å².